The molecule has 0 bridgehead atoms. The van der Waals surface area contributed by atoms with Gasteiger partial charge in [-0.25, -0.2) is 4.98 Å². The third kappa shape index (κ3) is 3.55. The lowest BCUT2D eigenvalue weighted by molar-refractivity contribution is 0.0198. The molecule has 1 aromatic carbocycles. The van der Waals surface area contributed by atoms with E-state index in [1.165, 1.54) is 15.8 Å². The number of rotatable bonds is 6. The van der Waals surface area contributed by atoms with Gasteiger partial charge in [0.2, 0.25) is 0 Å². The van der Waals surface area contributed by atoms with Crippen LogP contribution >= 0.6 is 22.9 Å². The molecule has 2 heterocycles. The summed E-state index contributed by atoms with van der Waals surface area (Å²) in [6.07, 6.45) is 3.84. The van der Waals surface area contributed by atoms with Gasteiger partial charge in [0, 0.05) is 9.90 Å². The summed E-state index contributed by atoms with van der Waals surface area (Å²) in [5, 5.41) is 11.6. The van der Waals surface area contributed by atoms with Crippen LogP contribution in [0.15, 0.2) is 35.4 Å². The van der Waals surface area contributed by atoms with Crippen molar-refractivity contribution in [3.05, 3.63) is 62.0 Å². The molecule has 26 heavy (non-hydrogen) atoms. The Morgan fingerprint density at radius 3 is 2.92 bits per heavy atom. The number of aliphatic hydroxyl groups excluding tert-OH is 1. The number of ether oxygens (including phenoxy) is 1. The predicted molar refractivity (Wildman–Crippen MR) is 103 cm³/mol. The Labute approximate surface area is 159 Å². The second-order valence-electron chi connectivity index (χ2n) is 6.53. The molecule has 0 saturated heterocycles. The molecule has 3 aromatic rings. The summed E-state index contributed by atoms with van der Waals surface area (Å²) in [6.45, 7) is 0.709. The largest absolute Gasteiger partial charge is 0.389 e. The van der Waals surface area contributed by atoms with Crippen molar-refractivity contribution in [2.24, 2.45) is 0 Å². The minimum absolute atomic E-state index is 0.0637. The molecule has 1 unspecified atom stereocenters. The smallest absolute Gasteiger partial charge is 0.262 e. The molecule has 5 nitrogen and oxygen atoms in total. The monoisotopic (exact) mass is 390 g/mol. The van der Waals surface area contributed by atoms with Crippen LogP contribution < -0.4 is 5.56 Å². The van der Waals surface area contributed by atoms with Crippen molar-refractivity contribution in [1.82, 2.24) is 9.55 Å². The van der Waals surface area contributed by atoms with Gasteiger partial charge in [-0.15, -0.1) is 11.3 Å². The Hall–Kier alpha value is -1.73. The van der Waals surface area contributed by atoms with Gasteiger partial charge in [-0.1, -0.05) is 23.7 Å². The van der Waals surface area contributed by atoms with E-state index in [2.05, 4.69) is 4.98 Å². The highest BCUT2D eigenvalue weighted by molar-refractivity contribution is 7.18. The van der Waals surface area contributed by atoms with E-state index in [0.29, 0.717) is 11.6 Å². The van der Waals surface area contributed by atoms with Crippen molar-refractivity contribution >= 4 is 33.2 Å². The van der Waals surface area contributed by atoms with Crippen LogP contribution in [0.25, 0.3) is 10.2 Å². The molecule has 0 amide bonds. The zero-order chi connectivity index (χ0) is 18.1. The summed E-state index contributed by atoms with van der Waals surface area (Å²) in [6, 6.07) is 7.37. The van der Waals surface area contributed by atoms with Gasteiger partial charge in [-0.2, -0.15) is 0 Å². The quantitative estimate of drug-likeness (QED) is 0.702. The SMILES string of the molecule is O=c1c2c3c(sc2ncn1CC(O)COCc1ccc(Cl)cc1)CCC3. The van der Waals surface area contributed by atoms with Crippen LogP contribution in [0.4, 0.5) is 0 Å². The van der Waals surface area contributed by atoms with Gasteiger partial charge in [0.25, 0.3) is 5.56 Å². The van der Waals surface area contributed by atoms with Crippen molar-refractivity contribution in [2.45, 2.75) is 38.5 Å². The van der Waals surface area contributed by atoms with Crippen LogP contribution in [0.2, 0.25) is 5.02 Å². The van der Waals surface area contributed by atoms with Crippen LogP contribution in [-0.4, -0.2) is 27.4 Å². The van der Waals surface area contributed by atoms with Crippen LogP contribution in [-0.2, 0) is 30.7 Å². The normalized spacial score (nSPS) is 14.7. The molecule has 0 spiro atoms. The van der Waals surface area contributed by atoms with Crippen molar-refractivity contribution < 1.29 is 9.84 Å². The van der Waals surface area contributed by atoms with E-state index >= 15 is 0 Å². The van der Waals surface area contributed by atoms with Gasteiger partial charge in [0.05, 0.1) is 37.6 Å². The van der Waals surface area contributed by atoms with Gasteiger partial charge < -0.3 is 9.84 Å². The highest BCUT2D eigenvalue weighted by Gasteiger charge is 2.21. The first-order valence-corrected chi connectivity index (χ1v) is 9.81. The van der Waals surface area contributed by atoms with Crippen molar-refractivity contribution in [3.63, 3.8) is 0 Å². The van der Waals surface area contributed by atoms with Crippen LogP contribution in [0, 0.1) is 0 Å². The first-order valence-electron chi connectivity index (χ1n) is 8.62. The Morgan fingerprint density at radius 1 is 1.31 bits per heavy atom. The Balaban J connectivity index is 1.41. The fraction of sp³-hybridized carbons (Fsp3) is 0.368. The lowest BCUT2D eigenvalue weighted by Gasteiger charge is -2.13. The zero-order valence-electron chi connectivity index (χ0n) is 14.2. The third-order valence-corrected chi connectivity index (χ3v) is 6.04. The lowest BCUT2D eigenvalue weighted by atomic mass is 10.2. The summed E-state index contributed by atoms with van der Waals surface area (Å²) in [4.78, 5) is 19.3. The molecule has 136 valence electrons. The molecule has 0 aliphatic heterocycles. The van der Waals surface area contributed by atoms with E-state index in [4.69, 9.17) is 16.3 Å². The number of halogens is 1. The third-order valence-electron chi connectivity index (χ3n) is 4.59. The molecule has 2 aromatic heterocycles. The Kier molecular flexibility index (Phi) is 5.09. The average Bonchev–Trinajstić information content (AvgIpc) is 3.20. The van der Waals surface area contributed by atoms with E-state index in [1.54, 1.807) is 23.5 Å². The number of fused-ring (bicyclic) bond motifs is 3. The molecule has 4 rings (SSSR count). The molecule has 1 aliphatic rings. The molecule has 0 saturated carbocycles. The number of hydrogen-bond donors (Lipinski definition) is 1. The van der Waals surface area contributed by atoms with E-state index in [1.807, 2.05) is 12.1 Å². The van der Waals surface area contributed by atoms with Gasteiger partial charge in [-0.3, -0.25) is 9.36 Å². The van der Waals surface area contributed by atoms with Gasteiger partial charge >= 0.3 is 0 Å². The second kappa shape index (κ2) is 7.48. The van der Waals surface area contributed by atoms with E-state index in [-0.39, 0.29) is 18.7 Å². The second-order valence-corrected chi connectivity index (χ2v) is 8.06. The maximum absolute atomic E-state index is 12.8. The van der Waals surface area contributed by atoms with E-state index < -0.39 is 6.10 Å². The van der Waals surface area contributed by atoms with Gasteiger partial charge in [0.1, 0.15) is 4.83 Å². The average molecular weight is 391 g/mol. The maximum atomic E-state index is 12.8. The number of aliphatic hydroxyl groups is 1. The minimum Gasteiger partial charge on any atom is -0.389 e. The topological polar surface area (TPSA) is 64.4 Å². The summed E-state index contributed by atoms with van der Waals surface area (Å²) < 4.78 is 7.04. The summed E-state index contributed by atoms with van der Waals surface area (Å²) >= 11 is 7.47. The molecule has 0 radical (unpaired) electrons. The Bertz CT molecular complexity index is 981. The fourth-order valence-corrected chi connectivity index (χ4v) is 4.67. The molecule has 7 heteroatoms. The number of benzene rings is 1. The summed E-state index contributed by atoms with van der Waals surface area (Å²) in [7, 11) is 0. The van der Waals surface area contributed by atoms with Crippen molar-refractivity contribution in [1.29, 1.82) is 0 Å². The van der Waals surface area contributed by atoms with Crippen molar-refractivity contribution in [2.75, 3.05) is 6.61 Å². The van der Waals surface area contributed by atoms with Crippen LogP contribution in [0.1, 0.15) is 22.4 Å². The lowest BCUT2D eigenvalue weighted by Crippen LogP contribution is -2.29. The highest BCUT2D eigenvalue weighted by atomic mass is 35.5. The Morgan fingerprint density at radius 2 is 2.12 bits per heavy atom. The van der Waals surface area contributed by atoms with E-state index in [0.717, 1.165) is 40.6 Å². The molecular formula is C19H19ClN2O3S. The number of nitrogens with zero attached hydrogens (tertiary/aromatic N) is 2. The van der Waals surface area contributed by atoms with Crippen LogP contribution in [0.5, 0.6) is 0 Å². The highest BCUT2D eigenvalue weighted by Crippen LogP contribution is 2.34. The number of aryl methyl sites for hydroxylation is 2. The van der Waals surface area contributed by atoms with Crippen LogP contribution in [0.3, 0.4) is 0 Å². The molecule has 1 aliphatic carbocycles. The molecule has 0 fully saturated rings. The molecule has 1 N–H and O–H groups in total. The summed E-state index contributed by atoms with van der Waals surface area (Å²) in [5.41, 5.74) is 2.08. The van der Waals surface area contributed by atoms with Gasteiger partial charge in [0.15, 0.2) is 0 Å². The summed E-state index contributed by atoms with van der Waals surface area (Å²) in [5.74, 6) is 0. The number of aromatic nitrogens is 2. The van der Waals surface area contributed by atoms with Gasteiger partial charge in [-0.05, 0) is 42.5 Å². The number of thiophene rings is 1. The molecular weight excluding hydrogens is 372 g/mol. The fourth-order valence-electron chi connectivity index (χ4n) is 3.32. The molecule has 1 atom stereocenters. The van der Waals surface area contributed by atoms with E-state index in [9.17, 15) is 9.90 Å². The standard InChI is InChI=1S/C19H19ClN2O3S/c20-13-6-4-12(5-7-13)9-25-10-14(23)8-22-11-21-18-17(19(22)24)15-2-1-3-16(15)26-18/h4-7,11,14,23H,1-3,8-10H2. The number of hydrogen-bond acceptors (Lipinski definition) is 5. The first kappa shape index (κ1) is 17.7. The minimum atomic E-state index is -0.772. The zero-order valence-corrected chi connectivity index (χ0v) is 15.7. The first-order chi connectivity index (χ1) is 12.6. The maximum Gasteiger partial charge on any atom is 0.262 e. The predicted octanol–water partition coefficient (Wildman–Crippen LogP) is 3.18. The van der Waals surface area contributed by atoms with Crippen molar-refractivity contribution in [3.8, 4) is 0 Å².